The average Bonchev–Trinajstić information content (AvgIpc) is 2.47. The lowest BCUT2D eigenvalue weighted by atomic mass is 9.86. The quantitative estimate of drug-likeness (QED) is 0.714. The highest BCUT2D eigenvalue weighted by Gasteiger charge is 2.26. The summed E-state index contributed by atoms with van der Waals surface area (Å²) in [5.74, 6) is -0.0781. The van der Waals surface area contributed by atoms with Gasteiger partial charge in [-0.05, 0) is 64.0 Å². The molecule has 3 N–H and O–H groups in total. The molecule has 1 saturated heterocycles. The van der Waals surface area contributed by atoms with Gasteiger partial charge in [0.05, 0.1) is 5.92 Å². The molecule has 1 saturated carbocycles. The SMILES string of the molecule is O=C(CCC1CCNCC1)NC1CCC(C(=O)O)CC1. The van der Waals surface area contributed by atoms with E-state index in [0.29, 0.717) is 25.2 Å². The van der Waals surface area contributed by atoms with Crippen LogP contribution >= 0.6 is 0 Å². The maximum absolute atomic E-state index is 11.9. The zero-order valence-electron chi connectivity index (χ0n) is 12.1. The monoisotopic (exact) mass is 282 g/mol. The van der Waals surface area contributed by atoms with E-state index >= 15 is 0 Å². The predicted octanol–water partition coefficient (Wildman–Crippen LogP) is 1.53. The molecule has 1 aliphatic heterocycles. The summed E-state index contributed by atoms with van der Waals surface area (Å²) in [5, 5.41) is 15.3. The fourth-order valence-corrected chi connectivity index (χ4v) is 3.29. The first kappa shape index (κ1) is 15.3. The lowest BCUT2D eigenvalue weighted by Gasteiger charge is -2.27. The van der Waals surface area contributed by atoms with Gasteiger partial charge in [0.25, 0.3) is 0 Å². The highest BCUT2D eigenvalue weighted by Crippen LogP contribution is 2.24. The van der Waals surface area contributed by atoms with E-state index < -0.39 is 5.97 Å². The minimum absolute atomic E-state index is 0.141. The fourth-order valence-electron chi connectivity index (χ4n) is 3.29. The molecule has 0 spiro atoms. The Morgan fingerprint density at radius 1 is 1.05 bits per heavy atom. The summed E-state index contributed by atoms with van der Waals surface area (Å²) in [6.45, 7) is 2.15. The van der Waals surface area contributed by atoms with E-state index in [1.807, 2.05) is 0 Å². The Labute approximate surface area is 120 Å². The number of carbonyl (C=O) groups is 2. The fraction of sp³-hybridized carbons (Fsp3) is 0.867. The number of carboxylic acids is 1. The first-order valence-corrected chi connectivity index (χ1v) is 7.88. The Bertz CT molecular complexity index is 332. The van der Waals surface area contributed by atoms with Crippen molar-refractivity contribution in [2.75, 3.05) is 13.1 Å². The number of hydrogen-bond acceptors (Lipinski definition) is 3. The van der Waals surface area contributed by atoms with E-state index in [2.05, 4.69) is 10.6 Å². The molecule has 20 heavy (non-hydrogen) atoms. The van der Waals surface area contributed by atoms with E-state index in [1.165, 1.54) is 12.8 Å². The van der Waals surface area contributed by atoms with E-state index in [9.17, 15) is 9.59 Å². The number of amides is 1. The molecule has 5 nitrogen and oxygen atoms in total. The smallest absolute Gasteiger partial charge is 0.306 e. The van der Waals surface area contributed by atoms with Gasteiger partial charge >= 0.3 is 5.97 Å². The zero-order chi connectivity index (χ0) is 14.4. The minimum atomic E-state index is -0.694. The number of nitrogens with one attached hydrogen (secondary N) is 2. The molecule has 114 valence electrons. The molecule has 2 aliphatic rings. The number of rotatable bonds is 5. The van der Waals surface area contributed by atoms with Crippen molar-refractivity contribution in [1.29, 1.82) is 0 Å². The first-order chi connectivity index (χ1) is 9.65. The van der Waals surface area contributed by atoms with Gasteiger partial charge in [-0.1, -0.05) is 0 Å². The number of carbonyl (C=O) groups excluding carboxylic acids is 1. The largest absolute Gasteiger partial charge is 0.481 e. The molecule has 2 fully saturated rings. The number of carboxylic acid groups (broad SMARTS) is 1. The number of aliphatic carboxylic acids is 1. The molecule has 0 aromatic rings. The van der Waals surface area contributed by atoms with Gasteiger partial charge in [0.15, 0.2) is 0 Å². The van der Waals surface area contributed by atoms with Crippen LogP contribution in [-0.2, 0) is 9.59 Å². The van der Waals surface area contributed by atoms with E-state index in [4.69, 9.17) is 5.11 Å². The Hall–Kier alpha value is -1.10. The highest BCUT2D eigenvalue weighted by molar-refractivity contribution is 5.76. The summed E-state index contributed by atoms with van der Waals surface area (Å²) in [5.41, 5.74) is 0. The summed E-state index contributed by atoms with van der Waals surface area (Å²) >= 11 is 0. The summed E-state index contributed by atoms with van der Waals surface area (Å²) in [7, 11) is 0. The second-order valence-electron chi connectivity index (χ2n) is 6.19. The standard InChI is InChI=1S/C15H26N2O3/c18-14(6-1-11-7-9-16-10-8-11)17-13-4-2-12(3-5-13)15(19)20/h11-13,16H,1-10H2,(H,17,18)(H,19,20). The summed E-state index contributed by atoms with van der Waals surface area (Å²) in [6, 6.07) is 0.186. The van der Waals surface area contributed by atoms with Crippen molar-refractivity contribution in [3.8, 4) is 0 Å². The van der Waals surface area contributed by atoms with Crippen LogP contribution in [0.5, 0.6) is 0 Å². The van der Waals surface area contributed by atoms with Crippen LogP contribution in [0.25, 0.3) is 0 Å². The van der Waals surface area contributed by atoms with Crippen LogP contribution < -0.4 is 10.6 Å². The molecule has 0 atom stereocenters. The van der Waals surface area contributed by atoms with Crippen molar-refractivity contribution in [2.24, 2.45) is 11.8 Å². The molecule has 5 heteroatoms. The van der Waals surface area contributed by atoms with Gasteiger partial charge in [0.2, 0.25) is 5.91 Å². The van der Waals surface area contributed by atoms with Crippen LogP contribution in [0.2, 0.25) is 0 Å². The Morgan fingerprint density at radius 2 is 1.70 bits per heavy atom. The van der Waals surface area contributed by atoms with Crippen molar-refractivity contribution < 1.29 is 14.7 Å². The first-order valence-electron chi connectivity index (χ1n) is 7.88. The van der Waals surface area contributed by atoms with Crippen molar-refractivity contribution in [3.63, 3.8) is 0 Å². The Kier molecular flexibility index (Phi) is 5.83. The Morgan fingerprint density at radius 3 is 2.30 bits per heavy atom. The number of hydrogen-bond donors (Lipinski definition) is 3. The van der Waals surface area contributed by atoms with Gasteiger partial charge in [-0.25, -0.2) is 0 Å². The maximum Gasteiger partial charge on any atom is 0.306 e. The molecule has 0 bridgehead atoms. The highest BCUT2D eigenvalue weighted by atomic mass is 16.4. The van der Waals surface area contributed by atoms with Crippen LogP contribution in [0.3, 0.4) is 0 Å². The second-order valence-corrected chi connectivity index (χ2v) is 6.19. The van der Waals surface area contributed by atoms with Crippen LogP contribution in [0.15, 0.2) is 0 Å². The van der Waals surface area contributed by atoms with Gasteiger partial charge in [0.1, 0.15) is 0 Å². The van der Waals surface area contributed by atoms with Gasteiger partial charge in [-0.15, -0.1) is 0 Å². The van der Waals surface area contributed by atoms with Crippen LogP contribution in [-0.4, -0.2) is 36.1 Å². The lowest BCUT2D eigenvalue weighted by molar-refractivity contribution is -0.142. The van der Waals surface area contributed by atoms with Crippen molar-refractivity contribution in [3.05, 3.63) is 0 Å². The number of piperidine rings is 1. The molecule has 2 rings (SSSR count). The molecule has 0 aromatic carbocycles. The third-order valence-electron chi connectivity index (χ3n) is 4.68. The predicted molar refractivity (Wildman–Crippen MR) is 76.4 cm³/mol. The third kappa shape index (κ3) is 4.78. The Balaban J connectivity index is 1.61. The summed E-state index contributed by atoms with van der Waals surface area (Å²) in [6.07, 6.45) is 6.94. The van der Waals surface area contributed by atoms with Crippen LogP contribution in [0.4, 0.5) is 0 Å². The molecule has 0 radical (unpaired) electrons. The van der Waals surface area contributed by atoms with Crippen LogP contribution in [0, 0.1) is 11.8 Å². The van der Waals surface area contributed by atoms with Crippen molar-refractivity contribution in [2.45, 2.75) is 57.4 Å². The summed E-state index contributed by atoms with van der Waals surface area (Å²) in [4.78, 5) is 22.8. The molecule has 0 aromatic heterocycles. The van der Waals surface area contributed by atoms with Gasteiger partial charge < -0.3 is 15.7 Å². The molecule has 1 heterocycles. The second kappa shape index (κ2) is 7.62. The molecular weight excluding hydrogens is 256 g/mol. The lowest BCUT2D eigenvalue weighted by Crippen LogP contribution is -2.39. The van der Waals surface area contributed by atoms with Gasteiger partial charge in [-0.2, -0.15) is 0 Å². The van der Waals surface area contributed by atoms with Crippen LogP contribution in [0.1, 0.15) is 51.4 Å². The van der Waals surface area contributed by atoms with Gasteiger partial charge in [0, 0.05) is 12.5 Å². The van der Waals surface area contributed by atoms with Crippen molar-refractivity contribution in [1.82, 2.24) is 10.6 Å². The molecule has 1 aliphatic carbocycles. The third-order valence-corrected chi connectivity index (χ3v) is 4.68. The summed E-state index contributed by atoms with van der Waals surface area (Å²) < 4.78 is 0. The average molecular weight is 282 g/mol. The molecule has 0 unspecified atom stereocenters. The minimum Gasteiger partial charge on any atom is -0.481 e. The van der Waals surface area contributed by atoms with E-state index in [-0.39, 0.29) is 17.9 Å². The van der Waals surface area contributed by atoms with Gasteiger partial charge in [-0.3, -0.25) is 9.59 Å². The van der Waals surface area contributed by atoms with E-state index in [0.717, 1.165) is 32.4 Å². The molecule has 1 amide bonds. The topological polar surface area (TPSA) is 78.4 Å². The van der Waals surface area contributed by atoms with E-state index in [1.54, 1.807) is 0 Å². The maximum atomic E-state index is 11.9. The van der Waals surface area contributed by atoms with Crippen molar-refractivity contribution >= 4 is 11.9 Å². The molecular formula is C15H26N2O3. The normalized spacial score (nSPS) is 28.0. The zero-order valence-corrected chi connectivity index (χ0v) is 12.1.